The molecule has 0 bridgehead atoms. The third kappa shape index (κ3) is 2.92. The van der Waals surface area contributed by atoms with Crippen LogP contribution >= 0.6 is 0 Å². The average Bonchev–Trinajstić information content (AvgIpc) is 2.41. The van der Waals surface area contributed by atoms with Crippen molar-refractivity contribution in [1.29, 1.82) is 0 Å². The van der Waals surface area contributed by atoms with Crippen LogP contribution in [0.2, 0.25) is 0 Å². The van der Waals surface area contributed by atoms with Crippen LogP contribution < -0.4 is 10.1 Å². The molecule has 0 saturated heterocycles. The summed E-state index contributed by atoms with van der Waals surface area (Å²) in [4.78, 5) is 14.6. The van der Waals surface area contributed by atoms with E-state index in [0.29, 0.717) is 17.9 Å². The van der Waals surface area contributed by atoms with Crippen molar-refractivity contribution < 1.29 is 9.66 Å². The van der Waals surface area contributed by atoms with Gasteiger partial charge in [0.1, 0.15) is 5.75 Å². The number of hydrogen-bond acceptors (Lipinski definition) is 5. The van der Waals surface area contributed by atoms with Crippen molar-refractivity contribution in [3.8, 4) is 11.6 Å². The van der Waals surface area contributed by atoms with Gasteiger partial charge in [-0.3, -0.25) is 10.1 Å². The first-order valence-electron chi connectivity index (χ1n) is 6.14. The van der Waals surface area contributed by atoms with Gasteiger partial charge in [-0.25, -0.2) is 4.98 Å². The van der Waals surface area contributed by atoms with Crippen LogP contribution in [0.25, 0.3) is 0 Å². The van der Waals surface area contributed by atoms with E-state index >= 15 is 0 Å². The lowest BCUT2D eigenvalue weighted by Gasteiger charge is -2.10. The van der Waals surface area contributed by atoms with Gasteiger partial charge in [0.15, 0.2) is 0 Å². The van der Waals surface area contributed by atoms with Crippen LogP contribution in [0.5, 0.6) is 11.6 Å². The average molecular weight is 273 g/mol. The Labute approximate surface area is 116 Å². The largest absolute Gasteiger partial charge is 0.433 e. The van der Waals surface area contributed by atoms with Gasteiger partial charge in [-0.2, -0.15) is 0 Å². The van der Waals surface area contributed by atoms with E-state index in [9.17, 15) is 10.1 Å². The van der Waals surface area contributed by atoms with Crippen LogP contribution in [0.1, 0.15) is 11.1 Å². The molecule has 2 rings (SSSR count). The van der Waals surface area contributed by atoms with E-state index in [1.54, 1.807) is 19.1 Å². The number of pyridine rings is 1. The summed E-state index contributed by atoms with van der Waals surface area (Å²) < 4.78 is 5.64. The Hall–Kier alpha value is -2.47. The zero-order valence-electron chi connectivity index (χ0n) is 11.3. The molecule has 0 radical (unpaired) electrons. The molecule has 1 heterocycles. The smallest absolute Gasteiger partial charge is 0.334 e. The number of rotatable bonds is 5. The molecule has 6 heteroatoms. The summed E-state index contributed by atoms with van der Waals surface area (Å²) in [6, 6.07) is 8.95. The Morgan fingerprint density at radius 1 is 1.35 bits per heavy atom. The summed E-state index contributed by atoms with van der Waals surface area (Å²) in [5, 5.41) is 14.1. The molecule has 1 aromatic heterocycles. The first-order valence-corrected chi connectivity index (χ1v) is 6.14. The standard InChI is InChI=1S/C14H15N3O3/c1-10-7-8-16-14(13(10)17(18)19)20-12-6-4-3-5-11(12)9-15-2/h3-8,15H,9H2,1-2H3. The van der Waals surface area contributed by atoms with Crippen molar-refractivity contribution in [3.63, 3.8) is 0 Å². The highest BCUT2D eigenvalue weighted by Crippen LogP contribution is 2.32. The quantitative estimate of drug-likeness (QED) is 0.669. The van der Waals surface area contributed by atoms with E-state index < -0.39 is 4.92 Å². The Kier molecular flexibility index (Phi) is 4.27. The van der Waals surface area contributed by atoms with Crippen molar-refractivity contribution in [2.24, 2.45) is 0 Å². The van der Waals surface area contributed by atoms with Crippen LogP contribution in [0.4, 0.5) is 5.69 Å². The maximum atomic E-state index is 11.1. The van der Waals surface area contributed by atoms with Crippen LogP contribution in [0.15, 0.2) is 36.5 Å². The van der Waals surface area contributed by atoms with Gasteiger partial charge in [0.05, 0.1) is 4.92 Å². The zero-order chi connectivity index (χ0) is 14.5. The summed E-state index contributed by atoms with van der Waals surface area (Å²) >= 11 is 0. The summed E-state index contributed by atoms with van der Waals surface area (Å²) in [5.41, 5.74) is 1.32. The second-order valence-electron chi connectivity index (χ2n) is 4.28. The summed E-state index contributed by atoms with van der Waals surface area (Å²) in [6.45, 7) is 2.27. The normalized spacial score (nSPS) is 10.3. The minimum Gasteiger partial charge on any atom is -0.433 e. The highest BCUT2D eigenvalue weighted by Gasteiger charge is 2.21. The third-order valence-corrected chi connectivity index (χ3v) is 2.82. The number of aryl methyl sites for hydroxylation is 1. The van der Waals surface area contributed by atoms with E-state index in [1.807, 2.05) is 25.2 Å². The fourth-order valence-electron chi connectivity index (χ4n) is 1.87. The predicted octanol–water partition coefficient (Wildman–Crippen LogP) is 2.81. The minimum atomic E-state index is -0.474. The molecule has 0 spiro atoms. The molecule has 2 aromatic rings. The summed E-state index contributed by atoms with van der Waals surface area (Å²) in [7, 11) is 1.82. The molecule has 1 N–H and O–H groups in total. The number of hydrogen-bond donors (Lipinski definition) is 1. The van der Waals surface area contributed by atoms with Gasteiger partial charge < -0.3 is 10.1 Å². The van der Waals surface area contributed by atoms with Crippen LogP contribution in [0.3, 0.4) is 0 Å². The van der Waals surface area contributed by atoms with Crippen LogP contribution in [0, 0.1) is 17.0 Å². The Balaban J connectivity index is 2.40. The Bertz CT molecular complexity index is 629. The molecule has 6 nitrogen and oxygen atoms in total. The topological polar surface area (TPSA) is 77.3 Å². The molecule has 0 unspecified atom stereocenters. The van der Waals surface area contributed by atoms with Crippen LogP contribution in [-0.2, 0) is 6.54 Å². The molecule has 0 aliphatic rings. The van der Waals surface area contributed by atoms with Crippen molar-refractivity contribution in [2.75, 3.05) is 7.05 Å². The molecule has 0 aliphatic heterocycles. The van der Waals surface area contributed by atoms with Gasteiger partial charge in [-0.1, -0.05) is 18.2 Å². The number of para-hydroxylation sites is 1. The monoisotopic (exact) mass is 273 g/mol. The molecular weight excluding hydrogens is 258 g/mol. The van der Waals surface area contributed by atoms with Crippen molar-refractivity contribution in [2.45, 2.75) is 13.5 Å². The Morgan fingerprint density at radius 3 is 2.80 bits per heavy atom. The van der Waals surface area contributed by atoms with E-state index in [-0.39, 0.29) is 11.6 Å². The fourth-order valence-corrected chi connectivity index (χ4v) is 1.87. The molecule has 0 atom stereocenters. The second-order valence-corrected chi connectivity index (χ2v) is 4.28. The first-order chi connectivity index (χ1) is 9.63. The third-order valence-electron chi connectivity index (χ3n) is 2.82. The molecule has 1 aromatic carbocycles. The van der Waals surface area contributed by atoms with E-state index in [2.05, 4.69) is 10.3 Å². The lowest BCUT2D eigenvalue weighted by Crippen LogP contribution is -2.07. The number of ether oxygens (including phenoxy) is 1. The maximum Gasteiger partial charge on any atom is 0.334 e. The number of nitrogens with one attached hydrogen (secondary N) is 1. The van der Waals surface area contributed by atoms with Gasteiger partial charge in [0, 0.05) is 23.9 Å². The lowest BCUT2D eigenvalue weighted by atomic mass is 10.2. The summed E-state index contributed by atoms with van der Waals surface area (Å²) in [6.07, 6.45) is 1.50. The molecule has 0 saturated carbocycles. The minimum absolute atomic E-state index is 0.0125. The number of nitrogens with zero attached hydrogens (tertiary/aromatic N) is 2. The first kappa shape index (κ1) is 14.0. The summed E-state index contributed by atoms with van der Waals surface area (Å²) in [5.74, 6) is 0.571. The van der Waals surface area contributed by atoms with E-state index in [0.717, 1.165) is 5.56 Å². The van der Waals surface area contributed by atoms with Gasteiger partial charge in [0.2, 0.25) is 0 Å². The highest BCUT2D eigenvalue weighted by molar-refractivity contribution is 5.49. The van der Waals surface area contributed by atoms with Gasteiger partial charge in [0.25, 0.3) is 5.88 Å². The number of nitro groups is 1. The molecule has 0 fully saturated rings. The van der Waals surface area contributed by atoms with Gasteiger partial charge in [-0.05, 0) is 26.1 Å². The van der Waals surface area contributed by atoms with Crippen LogP contribution in [-0.4, -0.2) is 17.0 Å². The zero-order valence-corrected chi connectivity index (χ0v) is 11.3. The number of aromatic nitrogens is 1. The van der Waals surface area contributed by atoms with Crippen molar-refractivity contribution >= 4 is 5.69 Å². The SMILES string of the molecule is CNCc1ccccc1Oc1nccc(C)c1[N+](=O)[O-]. The predicted molar refractivity (Wildman–Crippen MR) is 74.9 cm³/mol. The Morgan fingerprint density at radius 2 is 2.10 bits per heavy atom. The highest BCUT2D eigenvalue weighted by atomic mass is 16.6. The molecule has 104 valence electrons. The maximum absolute atomic E-state index is 11.1. The molecule has 0 amide bonds. The lowest BCUT2D eigenvalue weighted by molar-refractivity contribution is -0.386. The molecule has 0 aliphatic carbocycles. The van der Waals surface area contributed by atoms with Gasteiger partial charge >= 0.3 is 5.69 Å². The van der Waals surface area contributed by atoms with Crippen molar-refractivity contribution in [3.05, 3.63) is 57.8 Å². The van der Waals surface area contributed by atoms with Gasteiger partial charge in [-0.15, -0.1) is 0 Å². The molecular formula is C14H15N3O3. The molecule has 20 heavy (non-hydrogen) atoms. The number of benzene rings is 1. The fraction of sp³-hybridized carbons (Fsp3) is 0.214. The van der Waals surface area contributed by atoms with E-state index in [1.165, 1.54) is 6.20 Å². The second kappa shape index (κ2) is 6.12. The van der Waals surface area contributed by atoms with E-state index in [4.69, 9.17) is 4.74 Å². The van der Waals surface area contributed by atoms with Crippen molar-refractivity contribution in [1.82, 2.24) is 10.3 Å².